The monoisotopic (exact) mass is 157 g/mol. The third-order valence-electron chi connectivity index (χ3n) is 1.17. The van der Waals surface area contributed by atoms with Crippen molar-refractivity contribution in [2.24, 2.45) is 0 Å². The van der Waals surface area contributed by atoms with Gasteiger partial charge in [0.1, 0.15) is 12.7 Å². The Morgan fingerprint density at radius 1 is 1.73 bits per heavy atom. The van der Waals surface area contributed by atoms with E-state index in [2.05, 4.69) is 10.1 Å². The molecule has 5 nitrogen and oxygen atoms in total. The van der Waals surface area contributed by atoms with Crippen LogP contribution in [-0.2, 0) is 11.3 Å². The van der Waals surface area contributed by atoms with Crippen molar-refractivity contribution >= 4 is 0 Å². The Balaban J connectivity index is 2.31. The molecule has 0 aliphatic carbocycles. The molecular formula is C6H11N3O2. The Morgan fingerprint density at radius 3 is 3.09 bits per heavy atom. The van der Waals surface area contributed by atoms with E-state index in [0.717, 1.165) is 0 Å². The fourth-order valence-electron chi connectivity index (χ4n) is 0.732. The fourth-order valence-corrected chi connectivity index (χ4v) is 0.732. The van der Waals surface area contributed by atoms with Crippen molar-refractivity contribution in [2.75, 3.05) is 6.61 Å². The fraction of sp³-hybridized carbons (Fsp3) is 0.667. The zero-order valence-electron chi connectivity index (χ0n) is 6.34. The standard InChI is InChI=1S/C6H11N3O2/c1-2-11-6(10)3-9-5-7-4-8-9/h4-6,10H,2-3H2,1H3. The van der Waals surface area contributed by atoms with Crippen LogP contribution in [0.3, 0.4) is 0 Å². The summed E-state index contributed by atoms with van der Waals surface area (Å²) in [4.78, 5) is 3.72. The molecule has 5 heteroatoms. The second-order valence-electron chi connectivity index (χ2n) is 2.03. The van der Waals surface area contributed by atoms with E-state index >= 15 is 0 Å². The molecule has 1 aromatic rings. The first-order valence-corrected chi connectivity index (χ1v) is 3.45. The Morgan fingerprint density at radius 2 is 2.55 bits per heavy atom. The average molecular weight is 157 g/mol. The molecule has 11 heavy (non-hydrogen) atoms. The predicted molar refractivity (Wildman–Crippen MR) is 37.7 cm³/mol. The minimum Gasteiger partial charge on any atom is -0.366 e. The maximum atomic E-state index is 9.11. The van der Waals surface area contributed by atoms with E-state index in [1.807, 2.05) is 6.92 Å². The number of rotatable bonds is 4. The number of hydrogen-bond acceptors (Lipinski definition) is 4. The second kappa shape index (κ2) is 4.05. The zero-order chi connectivity index (χ0) is 8.10. The largest absolute Gasteiger partial charge is 0.366 e. The van der Waals surface area contributed by atoms with Gasteiger partial charge in [0.2, 0.25) is 0 Å². The molecule has 0 saturated heterocycles. The molecule has 0 fully saturated rings. The van der Waals surface area contributed by atoms with Crippen LogP contribution in [-0.4, -0.2) is 32.8 Å². The molecule has 0 saturated carbocycles. The van der Waals surface area contributed by atoms with Gasteiger partial charge in [-0.05, 0) is 6.92 Å². The Kier molecular flexibility index (Phi) is 3.00. The van der Waals surface area contributed by atoms with Crippen LogP contribution in [0.1, 0.15) is 6.92 Å². The van der Waals surface area contributed by atoms with Crippen molar-refractivity contribution < 1.29 is 9.84 Å². The summed E-state index contributed by atoms with van der Waals surface area (Å²) in [5.74, 6) is 0. The lowest BCUT2D eigenvalue weighted by Crippen LogP contribution is -2.19. The maximum absolute atomic E-state index is 9.11. The smallest absolute Gasteiger partial charge is 0.174 e. The lowest BCUT2D eigenvalue weighted by molar-refractivity contribution is -0.105. The Labute approximate surface area is 64.6 Å². The highest BCUT2D eigenvalue weighted by molar-refractivity contribution is 4.56. The molecule has 0 aliphatic heterocycles. The van der Waals surface area contributed by atoms with E-state index in [9.17, 15) is 0 Å². The molecule has 1 N–H and O–H groups in total. The lowest BCUT2D eigenvalue weighted by atomic mass is 10.6. The summed E-state index contributed by atoms with van der Waals surface area (Å²) in [6, 6.07) is 0. The van der Waals surface area contributed by atoms with Crippen LogP contribution in [0.2, 0.25) is 0 Å². The van der Waals surface area contributed by atoms with E-state index in [1.54, 1.807) is 0 Å². The van der Waals surface area contributed by atoms with Crippen LogP contribution >= 0.6 is 0 Å². The number of aliphatic hydroxyl groups is 1. The molecule has 1 heterocycles. The van der Waals surface area contributed by atoms with E-state index in [1.165, 1.54) is 17.3 Å². The van der Waals surface area contributed by atoms with Crippen molar-refractivity contribution in [2.45, 2.75) is 19.8 Å². The lowest BCUT2D eigenvalue weighted by Gasteiger charge is -2.08. The molecule has 0 amide bonds. The predicted octanol–water partition coefficient (Wildman–Crippen LogP) is -0.367. The van der Waals surface area contributed by atoms with Gasteiger partial charge in [-0.1, -0.05) is 0 Å². The molecule has 0 aliphatic rings. The van der Waals surface area contributed by atoms with Crippen molar-refractivity contribution in [3.8, 4) is 0 Å². The molecule has 0 bridgehead atoms. The molecule has 62 valence electrons. The average Bonchev–Trinajstić information content (AvgIpc) is 2.40. The molecule has 1 atom stereocenters. The molecule has 0 spiro atoms. The van der Waals surface area contributed by atoms with Crippen molar-refractivity contribution in [3.05, 3.63) is 12.7 Å². The molecule has 1 rings (SSSR count). The first-order chi connectivity index (χ1) is 5.33. The SMILES string of the molecule is CCOC(O)Cn1cncn1. The normalized spacial score (nSPS) is 13.3. The van der Waals surface area contributed by atoms with Gasteiger partial charge >= 0.3 is 0 Å². The molecule has 1 unspecified atom stereocenters. The van der Waals surface area contributed by atoms with E-state index < -0.39 is 6.29 Å². The highest BCUT2D eigenvalue weighted by Gasteiger charge is 2.02. The van der Waals surface area contributed by atoms with E-state index in [0.29, 0.717) is 13.2 Å². The van der Waals surface area contributed by atoms with Gasteiger partial charge < -0.3 is 9.84 Å². The van der Waals surface area contributed by atoms with Crippen LogP contribution in [0.4, 0.5) is 0 Å². The van der Waals surface area contributed by atoms with Gasteiger partial charge in [0, 0.05) is 6.61 Å². The van der Waals surface area contributed by atoms with Crippen molar-refractivity contribution in [1.29, 1.82) is 0 Å². The maximum Gasteiger partial charge on any atom is 0.174 e. The number of nitrogens with zero attached hydrogens (tertiary/aromatic N) is 3. The minimum atomic E-state index is -0.790. The summed E-state index contributed by atoms with van der Waals surface area (Å²) in [5.41, 5.74) is 0. The second-order valence-corrected chi connectivity index (χ2v) is 2.03. The quantitative estimate of drug-likeness (QED) is 0.606. The Hall–Kier alpha value is -0.940. The summed E-state index contributed by atoms with van der Waals surface area (Å²) in [7, 11) is 0. The van der Waals surface area contributed by atoms with E-state index in [-0.39, 0.29) is 0 Å². The molecule has 0 aromatic carbocycles. The summed E-state index contributed by atoms with van der Waals surface area (Å²) >= 11 is 0. The zero-order valence-corrected chi connectivity index (χ0v) is 6.34. The molecular weight excluding hydrogens is 146 g/mol. The number of aliphatic hydroxyl groups excluding tert-OH is 1. The van der Waals surface area contributed by atoms with Gasteiger partial charge in [-0.25, -0.2) is 9.67 Å². The third-order valence-corrected chi connectivity index (χ3v) is 1.17. The summed E-state index contributed by atoms with van der Waals surface area (Å²) in [6.07, 6.45) is 2.16. The Bertz CT molecular complexity index is 188. The van der Waals surface area contributed by atoms with Gasteiger partial charge in [0.05, 0.1) is 6.54 Å². The van der Waals surface area contributed by atoms with Gasteiger partial charge in [-0.2, -0.15) is 5.10 Å². The van der Waals surface area contributed by atoms with Crippen molar-refractivity contribution in [1.82, 2.24) is 14.8 Å². The number of hydrogen-bond donors (Lipinski definition) is 1. The van der Waals surface area contributed by atoms with Gasteiger partial charge in [0.25, 0.3) is 0 Å². The van der Waals surface area contributed by atoms with Crippen LogP contribution in [0.15, 0.2) is 12.7 Å². The van der Waals surface area contributed by atoms with Gasteiger partial charge in [-0.3, -0.25) is 0 Å². The van der Waals surface area contributed by atoms with Gasteiger partial charge in [-0.15, -0.1) is 0 Å². The molecule has 1 aromatic heterocycles. The summed E-state index contributed by atoms with van der Waals surface area (Å²) in [5, 5.41) is 12.9. The minimum absolute atomic E-state index is 0.327. The van der Waals surface area contributed by atoms with Crippen LogP contribution in [0.25, 0.3) is 0 Å². The molecule has 0 radical (unpaired) electrons. The topological polar surface area (TPSA) is 60.2 Å². The van der Waals surface area contributed by atoms with Crippen LogP contribution in [0, 0.1) is 0 Å². The summed E-state index contributed by atoms with van der Waals surface area (Å²) in [6.45, 7) is 2.65. The first kappa shape index (κ1) is 8.16. The highest BCUT2D eigenvalue weighted by Crippen LogP contribution is 1.90. The summed E-state index contributed by atoms with van der Waals surface area (Å²) < 4.78 is 6.40. The third kappa shape index (κ3) is 2.65. The van der Waals surface area contributed by atoms with E-state index in [4.69, 9.17) is 9.84 Å². The number of ether oxygens (including phenoxy) is 1. The van der Waals surface area contributed by atoms with Crippen LogP contribution < -0.4 is 0 Å². The van der Waals surface area contributed by atoms with Crippen LogP contribution in [0.5, 0.6) is 0 Å². The number of aromatic nitrogens is 3. The highest BCUT2D eigenvalue weighted by atomic mass is 16.6. The van der Waals surface area contributed by atoms with Gasteiger partial charge in [0.15, 0.2) is 6.29 Å². The van der Waals surface area contributed by atoms with Crippen molar-refractivity contribution in [3.63, 3.8) is 0 Å². The first-order valence-electron chi connectivity index (χ1n) is 3.45.